The molecule has 9 heterocycles. The predicted molar refractivity (Wildman–Crippen MR) is 492 cm³/mol. The summed E-state index contributed by atoms with van der Waals surface area (Å²) in [7, 11) is -9.58. The number of anilines is 3. The Bertz CT molecular complexity index is 4540. The first-order valence-electron chi connectivity index (χ1n) is 45.1. The third-order valence-corrected chi connectivity index (χ3v) is 31.2. The van der Waals surface area contributed by atoms with Crippen molar-refractivity contribution in [2.75, 3.05) is 86.7 Å². The van der Waals surface area contributed by atoms with Gasteiger partial charge in [0, 0.05) is 117 Å². The van der Waals surface area contributed by atoms with Gasteiger partial charge in [-0.25, -0.2) is 29.6 Å². The highest BCUT2D eigenvalue weighted by atomic mass is 79.9. The maximum atomic E-state index is 13.2. The van der Waals surface area contributed by atoms with Crippen LogP contribution in [0.25, 0.3) is 6.08 Å². The number of hydrogen-bond acceptors (Lipinski definition) is 19. The monoisotopic (exact) mass is 1830 g/mol. The van der Waals surface area contributed by atoms with E-state index in [-0.39, 0.29) is 92.2 Å². The van der Waals surface area contributed by atoms with Crippen LogP contribution >= 0.6 is 15.9 Å². The number of aliphatic hydroxyl groups is 4. The number of hydrogen-bond donors (Lipinski definition) is 7. The number of amidine groups is 3. The van der Waals surface area contributed by atoms with Crippen LogP contribution in [-0.2, 0) is 65.3 Å². The zero-order chi connectivity index (χ0) is 89.6. The van der Waals surface area contributed by atoms with Crippen molar-refractivity contribution in [3.8, 4) is 0 Å². The lowest BCUT2D eigenvalue weighted by Gasteiger charge is -2.34. The van der Waals surface area contributed by atoms with E-state index in [9.17, 15) is 69.3 Å². The maximum absolute atomic E-state index is 13.2. The number of unbranched alkanes of at least 4 members (excludes halogenated alkanes) is 18. The molecular formula is C91H139BrN12O16S3. The van der Waals surface area contributed by atoms with Crippen molar-refractivity contribution < 1.29 is 74.4 Å². The molecule has 684 valence electrons. The van der Waals surface area contributed by atoms with Crippen LogP contribution in [0.5, 0.6) is 0 Å². The number of nitrogens with zero attached hydrogens (tertiary/aromatic N) is 9. The van der Waals surface area contributed by atoms with Crippen LogP contribution in [-0.4, -0.2) is 218 Å². The molecule has 0 unspecified atom stereocenters. The molecule has 0 aliphatic carbocycles. The molecule has 0 radical (unpaired) electrons. The van der Waals surface area contributed by atoms with Gasteiger partial charge in [-0.15, -0.1) is 0 Å². The third kappa shape index (κ3) is 27.8. The van der Waals surface area contributed by atoms with E-state index < -0.39 is 46.7 Å². The second kappa shape index (κ2) is 48.8. The van der Waals surface area contributed by atoms with E-state index in [1.807, 2.05) is 63.2 Å². The first-order valence-corrected chi connectivity index (χ1v) is 50.5. The number of aryl methyl sites for hydroxylation is 4. The van der Waals surface area contributed by atoms with Crippen molar-refractivity contribution in [3.05, 3.63) is 104 Å². The number of carbonyl (C=O) groups excluding carboxylic acids is 6. The molecule has 6 amide bonds. The van der Waals surface area contributed by atoms with Crippen molar-refractivity contribution >= 4 is 122 Å². The highest BCUT2D eigenvalue weighted by Gasteiger charge is 2.50. The van der Waals surface area contributed by atoms with Gasteiger partial charge in [0.2, 0.25) is 47.8 Å². The SMILES string of the molecule is C=CS(=O)(=O)N1CCC2(CC1)N=C(CCCCCCCCC)NC2=O.CCCCCCCCCC1=NC2(CCN(S(=O)(=O)/C=C/c3ccc(N4C(=O)CC[C@H]4CO)cc3C)CC2)C(=O)N1.CCCCCCCCCC1=NC2(CCN(S(=O)(=O)CCc3ccc(N4C(=O)CC[C@H]4CO)cc3C)CC2)C(=O)N1.CO.Cc1cc(N2C(=O)CC[C@H]2CO)ccc1Br. The molecule has 0 bridgehead atoms. The average Bonchev–Trinajstić information content (AvgIpc) is 1.66. The summed E-state index contributed by atoms with van der Waals surface area (Å²) in [5, 5.41) is 46.5. The van der Waals surface area contributed by atoms with Crippen LogP contribution in [0, 0.1) is 20.8 Å². The topological polar surface area (TPSA) is 378 Å². The van der Waals surface area contributed by atoms with Crippen molar-refractivity contribution in [3.63, 3.8) is 0 Å². The van der Waals surface area contributed by atoms with E-state index in [1.165, 1.54) is 115 Å². The molecule has 9 aliphatic rings. The fourth-order valence-electron chi connectivity index (χ4n) is 17.6. The standard InChI is InChI=1S/C30H46N4O5S.C30H44N4O5S.C18H31N3O3S.C12H14BrNO2.CH4O/c2*1-3-4-5-6-7-8-9-10-27-31-29(37)30(32-27)16-18-33(19-17-30)40(38,39)20-15-24-11-12-25(21-23(24)2)34-26(22-35)13-14-28(34)36;1-3-5-6-7-8-9-10-11-16-19-17(22)18(20-16)12-14-21(15-13-18)25(23,24)4-2;1-8-6-9(2-4-11(8)13)14-10(7-15)3-5-12(14)16;1-2/h11-12,21,26,35H,3-10,13-20,22H2,1-2H3,(H,31,32,37);11-12,15,20-21,26,35H,3-10,13-14,16-19,22H2,1-2H3,(H,31,32,37);4H,2-3,5-15H2,1H3,(H,19,20,22);2,4,6,10,15H,3,5,7H2,1H3;2H,1H3/b;20-15+;;;/t2*26-;;10-;/m00.0./s1. The van der Waals surface area contributed by atoms with Gasteiger partial charge in [-0.2, -0.15) is 8.61 Å². The molecule has 6 fully saturated rings. The second-order valence-electron chi connectivity index (χ2n) is 34.1. The number of rotatable bonds is 39. The first kappa shape index (κ1) is 101. The summed E-state index contributed by atoms with van der Waals surface area (Å²) in [5.74, 6) is 2.09. The Morgan fingerprint density at radius 2 is 0.764 bits per heavy atom. The van der Waals surface area contributed by atoms with Gasteiger partial charge in [-0.3, -0.25) is 43.7 Å². The van der Waals surface area contributed by atoms with Crippen LogP contribution in [0.2, 0.25) is 0 Å². The fourth-order valence-corrected chi connectivity index (χ4v) is 21.5. The average molecular weight is 1830 g/mol. The minimum absolute atomic E-state index is 0.00172. The number of aliphatic hydroxyl groups excluding tert-OH is 4. The number of piperidine rings is 3. The summed E-state index contributed by atoms with van der Waals surface area (Å²) in [6.45, 7) is 17.3. The van der Waals surface area contributed by atoms with E-state index in [4.69, 9.17) is 15.1 Å². The Morgan fingerprint density at radius 1 is 0.439 bits per heavy atom. The normalized spacial score (nSPS) is 20.8. The molecule has 123 heavy (non-hydrogen) atoms. The molecule has 32 heteroatoms. The number of carbonyl (C=O) groups is 6. The molecule has 3 aromatic carbocycles. The summed E-state index contributed by atoms with van der Waals surface area (Å²) in [4.78, 5) is 93.5. The van der Waals surface area contributed by atoms with Crippen LogP contribution in [0.15, 0.2) is 91.4 Å². The molecule has 6 saturated heterocycles. The van der Waals surface area contributed by atoms with Gasteiger partial charge in [-0.05, 0) is 181 Å². The van der Waals surface area contributed by atoms with Crippen molar-refractivity contribution in [2.24, 2.45) is 15.0 Å². The summed E-state index contributed by atoms with van der Waals surface area (Å²) in [6.07, 6.45) is 35.5. The lowest BCUT2D eigenvalue weighted by Crippen LogP contribution is -2.50. The molecule has 0 saturated carbocycles. The quantitative estimate of drug-likeness (QED) is 0.0261. The smallest absolute Gasteiger partial charge is 0.253 e. The number of sulfonamides is 3. The summed E-state index contributed by atoms with van der Waals surface area (Å²) in [6, 6.07) is 16.4. The minimum atomic E-state index is -3.68. The molecule has 9 aliphatic heterocycles. The number of benzene rings is 3. The highest BCUT2D eigenvalue weighted by Crippen LogP contribution is 2.38. The Morgan fingerprint density at radius 3 is 1.11 bits per heavy atom. The van der Waals surface area contributed by atoms with Crippen molar-refractivity contribution in [1.82, 2.24) is 28.9 Å². The molecule has 3 aromatic rings. The second-order valence-corrected chi connectivity index (χ2v) is 40.7. The third-order valence-electron chi connectivity index (χ3n) is 25.3. The summed E-state index contributed by atoms with van der Waals surface area (Å²) < 4.78 is 81.6. The fraction of sp³-hybridized carbons (Fsp3) is 0.659. The summed E-state index contributed by atoms with van der Waals surface area (Å²) >= 11 is 3.43. The molecule has 3 spiro atoms. The zero-order valence-corrected chi connectivity index (χ0v) is 78.0. The van der Waals surface area contributed by atoms with Gasteiger partial charge in [0.05, 0.1) is 43.7 Å². The van der Waals surface area contributed by atoms with Gasteiger partial charge in [-0.1, -0.05) is 171 Å². The maximum Gasteiger partial charge on any atom is 0.253 e. The lowest BCUT2D eigenvalue weighted by atomic mass is 9.89. The Labute approximate surface area is 740 Å². The van der Waals surface area contributed by atoms with Gasteiger partial charge in [0.1, 0.15) is 34.1 Å². The molecule has 7 N–H and O–H groups in total. The van der Waals surface area contributed by atoms with E-state index in [1.54, 1.807) is 32.9 Å². The Balaban J connectivity index is 0.000000212. The van der Waals surface area contributed by atoms with Crippen LogP contribution < -0.4 is 30.7 Å². The largest absolute Gasteiger partial charge is 0.400 e. The lowest BCUT2D eigenvalue weighted by molar-refractivity contribution is -0.125. The minimum Gasteiger partial charge on any atom is -0.400 e. The molecule has 0 aromatic heterocycles. The number of nitrogens with one attached hydrogen (secondary N) is 3. The Hall–Kier alpha value is -6.98. The molecule has 28 nitrogen and oxygen atoms in total. The van der Waals surface area contributed by atoms with E-state index in [2.05, 4.69) is 64.2 Å². The Kier molecular flexibility index (Phi) is 40.3. The van der Waals surface area contributed by atoms with Crippen molar-refractivity contribution in [1.29, 1.82) is 0 Å². The van der Waals surface area contributed by atoms with E-state index >= 15 is 0 Å². The first-order chi connectivity index (χ1) is 58.9. The molecule has 3 atom stereocenters. The van der Waals surface area contributed by atoms with Gasteiger partial charge >= 0.3 is 0 Å². The van der Waals surface area contributed by atoms with Gasteiger partial charge in [0.15, 0.2) is 0 Å². The number of amides is 6. The predicted octanol–water partition coefficient (Wildman–Crippen LogP) is 13.0. The van der Waals surface area contributed by atoms with E-state index in [0.717, 1.165) is 138 Å². The molecule has 12 rings (SSSR count). The summed E-state index contributed by atoms with van der Waals surface area (Å²) in [5.41, 5.74) is 4.41. The van der Waals surface area contributed by atoms with Crippen LogP contribution in [0.3, 0.4) is 0 Å². The van der Waals surface area contributed by atoms with Gasteiger partial charge in [0.25, 0.3) is 17.7 Å². The zero-order valence-electron chi connectivity index (χ0n) is 73.9. The molecular weight excluding hydrogens is 1690 g/mol. The van der Waals surface area contributed by atoms with Crippen LogP contribution in [0.4, 0.5) is 17.1 Å². The van der Waals surface area contributed by atoms with Gasteiger partial charge < -0.3 is 51.1 Å². The number of halogens is 1. The van der Waals surface area contributed by atoms with Crippen LogP contribution in [0.1, 0.15) is 280 Å². The number of aliphatic imine (C=N–C) groups is 3. The highest BCUT2D eigenvalue weighted by molar-refractivity contribution is 9.10. The van der Waals surface area contributed by atoms with Crippen molar-refractivity contribution in [2.45, 2.75) is 314 Å². The van der Waals surface area contributed by atoms with E-state index in [0.29, 0.717) is 109 Å².